The number of rotatable bonds is 4. The number of carboxylic acid groups (broad SMARTS) is 1. The third-order valence-corrected chi connectivity index (χ3v) is 2.70. The Balaban J connectivity index is 1.85. The van der Waals surface area contributed by atoms with E-state index in [2.05, 4.69) is 4.98 Å². The monoisotopic (exact) mass is 227 g/mol. The van der Waals surface area contributed by atoms with Gasteiger partial charge in [-0.25, -0.2) is 4.98 Å². The van der Waals surface area contributed by atoms with Crippen LogP contribution in [0.2, 0.25) is 5.15 Å². The second kappa shape index (κ2) is 4.06. The predicted octanol–water partition coefficient (Wildman–Crippen LogP) is 1.83. The van der Waals surface area contributed by atoms with Gasteiger partial charge in [-0.05, 0) is 18.6 Å². The van der Waals surface area contributed by atoms with Crippen molar-refractivity contribution in [1.29, 1.82) is 0 Å². The van der Waals surface area contributed by atoms with Gasteiger partial charge in [0.05, 0.1) is 12.5 Å². The smallest absolute Gasteiger partial charge is 0.306 e. The summed E-state index contributed by atoms with van der Waals surface area (Å²) in [5.41, 5.74) is 0. The van der Waals surface area contributed by atoms with Crippen molar-refractivity contribution >= 4 is 17.6 Å². The first-order valence-corrected chi connectivity index (χ1v) is 5.02. The highest BCUT2D eigenvalue weighted by molar-refractivity contribution is 6.30. The molecule has 80 valence electrons. The van der Waals surface area contributed by atoms with Crippen LogP contribution in [0.3, 0.4) is 0 Å². The van der Waals surface area contributed by atoms with E-state index >= 15 is 0 Å². The summed E-state index contributed by atoms with van der Waals surface area (Å²) in [6.07, 6.45) is 2.26. The molecule has 2 atom stereocenters. The largest absolute Gasteiger partial charge is 0.490 e. The number of hydrogen-bond donors (Lipinski definition) is 1. The van der Waals surface area contributed by atoms with Crippen molar-refractivity contribution in [3.8, 4) is 5.75 Å². The molecule has 1 heterocycles. The van der Waals surface area contributed by atoms with Crippen LogP contribution in [0.5, 0.6) is 5.75 Å². The first-order valence-electron chi connectivity index (χ1n) is 4.64. The fourth-order valence-electron chi connectivity index (χ4n) is 1.41. The van der Waals surface area contributed by atoms with Crippen molar-refractivity contribution in [2.75, 3.05) is 6.61 Å². The number of pyridine rings is 1. The molecule has 0 amide bonds. The Morgan fingerprint density at radius 3 is 3.13 bits per heavy atom. The van der Waals surface area contributed by atoms with Crippen molar-refractivity contribution in [3.63, 3.8) is 0 Å². The van der Waals surface area contributed by atoms with Crippen LogP contribution in [-0.2, 0) is 4.79 Å². The van der Waals surface area contributed by atoms with Crippen molar-refractivity contribution < 1.29 is 14.6 Å². The second-order valence-corrected chi connectivity index (χ2v) is 3.90. The van der Waals surface area contributed by atoms with Crippen molar-refractivity contribution in [3.05, 3.63) is 23.5 Å². The summed E-state index contributed by atoms with van der Waals surface area (Å²) in [7, 11) is 0. The van der Waals surface area contributed by atoms with Crippen LogP contribution >= 0.6 is 11.6 Å². The lowest BCUT2D eigenvalue weighted by Crippen LogP contribution is -2.06. The molecule has 0 aliphatic heterocycles. The molecule has 15 heavy (non-hydrogen) atoms. The van der Waals surface area contributed by atoms with E-state index in [1.807, 2.05) is 0 Å². The number of carbonyl (C=O) groups is 1. The number of aliphatic carboxylic acids is 1. The summed E-state index contributed by atoms with van der Waals surface area (Å²) in [5, 5.41) is 8.99. The SMILES string of the molecule is O=C(O)[C@@H]1C[C@H]1COc1cccnc1Cl. The minimum absolute atomic E-state index is 0.110. The van der Waals surface area contributed by atoms with Crippen LogP contribution in [-0.4, -0.2) is 22.7 Å². The highest BCUT2D eigenvalue weighted by atomic mass is 35.5. The van der Waals surface area contributed by atoms with Gasteiger partial charge in [0.15, 0.2) is 10.9 Å². The van der Waals surface area contributed by atoms with E-state index in [4.69, 9.17) is 21.4 Å². The Labute approximate surface area is 91.8 Å². The molecule has 1 aromatic heterocycles. The molecule has 0 radical (unpaired) electrons. The molecular weight excluding hydrogens is 218 g/mol. The van der Waals surface area contributed by atoms with Crippen LogP contribution in [0.15, 0.2) is 18.3 Å². The summed E-state index contributed by atoms with van der Waals surface area (Å²) < 4.78 is 5.38. The average Bonchev–Trinajstić information content (AvgIpc) is 2.96. The van der Waals surface area contributed by atoms with Crippen LogP contribution < -0.4 is 4.74 Å². The Morgan fingerprint density at radius 1 is 1.73 bits per heavy atom. The minimum atomic E-state index is -0.749. The highest BCUT2D eigenvalue weighted by Gasteiger charge is 2.43. The van der Waals surface area contributed by atoms with Crippen molar-refractivity contribution in [2.45, 2.75) is 6.42 Å². The average molecular weight is 228 g/mol. The standard InChI is InChI=1S/C10H10ClNO3/c11-9-8(2-1-3-12-9)15-5-6-4-7(6)10(13)14/h1-3,6-7H,4-5H2,(H,13,14)/t6-,7+/m0/s1. The molecule has 0 bridgehead atoms. The summed E-state index contributed by atoms with van der Waals surface area (Å²) in [5.74, 6) is -0.379. The third kappa shape index (κ3) is 2.39. The zero-order chi connectivity index (χ0) is 10.8. The lowest BCUT2D eigenvalue weighted by atomic mass is 10.3. The Bertz CT molecular complexity index is 383. The van der Waals surface area contributed by atoms with Gasteiger partial charge in [0.25, 0.3) is 0 Å². The maximum atomic E-state index is 10.6. The molecule has 1 N–H and O–H groups in total. The topological polar surface area (TPSA) is 59.4 Å². The van der Waals surface area contributed by atoms with E-state index in [-0.39, 0.29) is 11.8 Å². The molecule has 5 heteroatoms. The van der Waals surface area contributed by atoms with Crippen LogP contribution in [0.25, 0.3) is 0 Å². The second-order valence-electron chi connectivity index (χ2n) is 3.54. The summed E-state index contributed by atoms with van der Waals surface area (Å²) in [6.45, 7) is 0.391. The van der Waals surface area contributed by atoms with Crippen molar-refractivity contribution in [2.24, 2.45) is 11.8 Å². The fourth-order valence-corrected chi connectivity index (χ4v) is 1.58. The van der Waals surface area contributed by atoms with Crippen molar-refractivity contribution in [1.82, 2.24) is 4.98 Å². The fraction of sp³-hybridized carbons (Fsp3) is 0.400. The number of aromatic nitrogens is 1. The maximum absolute atomic E-state index is 10.6. The Kier molecular flexibility index (Phi) is 2.77. The summed E-state index contributed by atoms with van der Waals surface area (Å²) in [4.78, 5) is 14.4. The van der Waals surface area contributed by atoms with Gasteiger partial charge < -0.3 is 9.84 Å². The lowest BCUT2D eigenvalue weighted by molar-refractivity contribution is -0.138. The van der Waals surface area contributed by atoms with E-state index < -0.39 is 5.97 Å². The van der Waals surface area contributed by atoms with Gasteiger partial charge in [-0.15, -0.1) is 0 Å². The molecule has 0 spiro atoms. The number of nitrogens with zero attached hydrogens (tertiary/aromatic N) is 1. The molecule has 2 rings (SSSR count). The quantitative estimate of drug-likeness (QED) is 0.798. The van der Waals surface area contributed by atoms with Gasteiger partial charge >= 0.3 is 5.97 Å². The van der Waals surface area contributed by atoms with Gasteiger partial charge in [0.1, 0.15) is 0 Å². The number of ether oxygens (including phenoxy) is 1. The van der Waals surface area contributed by atoms with Gasteiger partial charge in [-0.3, -0.25) is 4.79 Å². The maximum Gasteiger partial charge on any atom is 0.306 e. The molecule has 1 aromatic rings. The van der Waals surface area contributed by atoms with Gasteiger partial charge in [-0.1, -0.05) is 11.6 Å². The molecule has 4 nitrogen and oxygen atoms in total. The number of carboxylic acids is 1. The van der Waals surface area contributed by atoms with E-state index in [1.165, 1.54) is 0 Å². The zero-order valence-corrected chi connectivity index (χ0v) is 8.65. The third-order valence-electron chi connectivity index (χ3n) is 2.42. The van der Waals surface area contributed by atoms with E-state index in [1.54, 1.807) is 18.3 Å². The summed E-state index contributed by atoms with van der Waals surface area (Å²) in [6, 6.07) is 3.44. The molecule has 1 aliphatic rings. The molecule has 0 aromatic carbocycles. The highest BCUT2D eigenvalue weighted by Crippen LogP contribution is 2.39. The van der Waals surface area contributed by atoms with Gasteiger partial charge in [-0.2, -0.15) is 0 Å². The van der Waals surface area contributed by atoms with Crippen LogP contribution in [0.1, 0.15) is 6.42 Å². The Morgan fingerprint density at radius 2 is 2.53 bits per heavy atom. The molecule has 1 aliphatic carbocycles. The zero-order valence-electron chi connectivity index (χ0n) is 7.89. The van der Waals surface area contributed by atoms with E-state index in [0.717, 1.165) is 0 Å². The predicted molar refractivity (Wildman–Crippen MR) is 54.0 cm³/mol. The first-order chi connectivity index (χ1) is 7.18. The Hall–Kier alpha value is -1.29. The molecule has 0 unspecified atom stereocenters. The first kappa shape index (κ1) is 10.2. The van der Waals surface area contributed by atoms with E-state index in [0.29, 0.717) is 23.9 Å². The minimum Gasteiger partial charge on any atom is -0.490 e. The van der Waals surface area contributed by atoms with Crippen LogP contribution in [0.4, 0.5) is 0 Å². The normalized spacial score (nSPS) is 23.5. The van der Waals surface area contributed by atoms with Crippen LogP contribution in [0, 0.1) is 11.8 Å². The van der Waals surface area contributed by atoms with E-state index in [9.17, 15) is 4.79 Å². The molecule has 0 saturated heterocycles. The molecule has 1 saturated carbocycles. The molecule has 1 fully saturated rings. The van der Waals surface area contributed by atoms with Gasteiger partial charge in [0.2, 0.25) is 0 Å². The number of halogens is 1. The lowest BCUT2D eigenvalue weighted by Gasteiger charge is -2.05. The van der Waals surface area contributed by atoms with Gasteiger partial charge in [0, 0.05) is 12.1 Å². The number of hydrogen-bond acceptors (Lipinski definition) is 3. The molecular formula is C10H10ClNO3. The summed E-state index contributed by atoms with van der Waals surface area (Å²) >= 11 is 5.77.